The highest BCUT2D eigenvalue weighted by molar-refractivity contribution is 5.71. The van der Waals surface area contributed by atoms with Gasteiger partial charge in [0.1, 0.15) is 13.2 Å². The minimum absolute atomic E-state index is 0.0866. The molecule has 0 heterocycles. The van der Waals surface area contributed by atoms with Crippen LogP contribution in [0.1, 0.15) is 258 Å². The summed E-state index contributed by atoms with van der Waals surface area (Å²) in [5.41, 5.74) is 0. The Morgan fingerprint density at radius 3 is 0.984 bits per heavy atom. The molecule has 0 rings (SSSR count). The third-order valence-electron chi connectivity index (χ3n) is 11.2. The maximum atomic E-state index is 12.8. The van der Waals surface area contributed by atoms with E-state index < -0.39 is 6.10 Å². The van der Waals surface area contributed by atoms with E-state index in [1.54, 1.807) is 0 Å². The van der Waals surface area contributed by atoms with E-state index in [2.05, 4.69) is 81.5 Å². The van der Waals surface area contributed by atoms with E-state index in [1.165, 1.54) is 116 Å². The van der Waals surface area contributed by atoms with E-state index in [9.17, 15) is 14.4 Å². The molecule has 0 spiro atoms. The number of carbonyl (C=O) groups excluding carboxylic acids is 3. The number of hydrogen-bond donors (Lipinski definition) is 0. The lowest BCUT2D eigenvalue weighted by molar-refractivity contribution is -0.167. The van der Waals surface area contributed by atoms with Gasteiger partial charge in [0, 0.05) is 19.3 Å². The molecule has 0 aliphatic carbocycles. The van der Waals surface area contributed by atoms with Crippen LogP contribution in [0.4, 0.5) is 0 Å². The van der Waals surface area contributed by atoms with E-state index in [0.717, 1.165) is 103 Å². The molecule has 6 nitrogen and oxygen atoms in total. The first-order valence-electron chi connectivity index (χ1n) is 26.3. The van der Waals surface area contributed by atoms with Gasteiger partial charge in [-0.3, -0.25) is 14.4 Å². The lowest BCUT2D eigenvalue weighted by Gasteiger charge is -2.18. The molecule has 0 fully saturated rings. The van der Waals surface area contributed by atoms with Crippen LogP contribution in [0.3, 0.4) is 0 Å². The number of unbranched alkanes of at least 4 members (excludes halogenated alkanes) is 26. The van der Waals surface area contributed by atoms with Crippen molar-refractivity contribution in [2.45, 2.75) is 264 Å². The van der Waals surface area contributed by atoms with Crippen LogP contribution >= 0.6 is 0 Å². The first-order chi connectivity index (χ1) is 30.5. The van der Waals surface area contributed by atoms with Crippen molar-refractivity contribution in [3.63, 3.8) is 0 Å². The molecule has 0 aliphatic heterocycles. The largest absolute Gasteiger partial charge is 0.462 e. The number of hydrogen-bond acceptors (Lipinski definition) is 6. The Balaban J connectivity index is 4.40. The van der Waals surface area contributed by atoms with Crippen LogP contribution in [0.25, 0.3) is 0 Å². The van der Waals surface area contributed by atoms with Gasteiger partial charge in [0.25, 0.3) is 0 Å². The molecule has 0 N–H and O–H groups in total. The Bertz CT molecular complexity index is 1130. The van der Waals surface area contributed by atoms with Crippen molar-refractivity contribution in [3.8, 4) is 0 Å². The number of rotatable bonds is 47. The Kier molecular flexibility index (Phi) is 48.4. The zero-order valence-corrected chi connectivity index (χ0v) is 40.9. The van der Waals surface area contributed by atoms with Crippen LogP contribution in [0, 0.1) is 0 Å². The highest BCUT2D eigenvalue weighted by Gasteiger charge is 2.19. The number of carbonyl (C=O) groups is 3. The second kappa shape index (κ2) is 50.8. The van der Waals surface area contributed by atoms with E-state index in [1.807, 2.05) is 0 Å². The fourth-order valence-corrected chi connectivity index (χ4v) is 7.19. The smallest absolute Gasteiger partial charge is 0.306 e. The topological polar surface area (TPSA) is 78.9 Å². The summed E-state index contributed by atoms with van der Waals surface area (Å²) < 4.78 is 16.8. The minimum Gasteiger partial charge on any atom is -0.462 e. The van der Waals surface area contributed by atoms with Gasteiger partial charge < -0.3 is 14.2 Å². The summed E-state index contributed by atoms with van der Waals surface area (Å²) in [5, 5.41) is 0. The monoisotopic (exact) mass is 867 g/mol. The van der Waals surface area contributed by atoms with E-state index in [-0.39, 0.29) is 31.1 Å². The molecule has 62 heavy (non-hydrogen) atoms. The molecule has 1 atom stereocenters. The maximum absolute atomic E-state index is 12.8. The second-order valence-electron chi connectivity index (χ2n) is 17.4. The fourth-order valence-electron chi connectivity index (χ4n) is 7.19. The van der Waals surface area contributed by atoms with Crippen molar-refractivity contribution >= 4 is 17.9 Å². The van der Waals surface area contributed by atoms with Gasteiger partial charge in [0.15, 0.2) is 6.10 Å². The number of ether oxygens (including phenoxy) is 3. The molecule has 6 heteroatoms. The van der Waals surface area contributed by atoms with Crippen molar-refractivity contribution in [2.24, 2.45) is 0 Å². The van der Waals surface area contributed by atoms with E-state index >= 15 is 0 Å². The number of esters is 3. The lowest BCUT2D eigenvalue weighted by Crippen LogP contribution is -2.30. The molecule has 1 unspecified atom stereocenters. The summed E-state index contributed by atoms with van der Waals surface area (Å²) in [6, 6.07) is 0. The van der Waals surface area contributed by atoms with Gasteiger partial charge in [-0.15, -0.1) is 0 Å². The van der Waals surface area contributed by atoms with Crippen LogP contribution < -0.4 is 0 Å². The zero-order chi connectivity index (χ0) is 45.1. The fraction of sp³-hybridized carbons (Fsp3) is 0.768. The predicted molar refractivity (Wildman–Crippen MR) is 265 cm³/mol. The standard InChI is InChI=1S/C56H98O6/c1-4-7-10-13-16-19-22-24-26-28-30-31-34-37-40-43-46-49-55(58)61-52-53(51-60-54(57)48-45-42-39-36-33-21-18-15-12-9-6-3)62-56(59)50-47-44-41-38-35-32-29-27-25-23-20-17-14-11-8-5-2/h15-16,18-20,23-24,26-27,29,53H,4-14,17,21-22,25,28,30-52H2,1-3H3/b18-15-,19-16-,23-20-,26-24-,29-27-. The average molecular weight is 867 g/mol. The summed E-state index contributed by atoms with van der Waals surface area (Å²) in [5.74, 6) is -0.914. The zero-order valence-electron chi connectivity index (χ0n) is 40.9. The van der Waals surface area contributed by atoms with Gasteiger partial charge in [-0.05, 0) is 103 Å². The van der Waals surface area contributed by atoms with Crippen LogP contribution in [0.5, 0.6) is 0 Å². The predicted octanol–water partition coefficient (Wildman–Crippen LogP) is 17.3. The van der Waals surface area contributed by atoms with Gasteiger partial charge in [-0.2, -0.15) is 0 Å². The minimum atomic E-state index is -0.787. The molecule has 0 bridgehead atoms. The van der Waals surface area contributed by atoms with Crippen molar-refractivity contribution in [1.82, 2.24) is 0 Å². The van der Waals surface area contributed by atoms with Crippen molar-refractivity contribution in [1.29, 1.82) is 0 Å². The van der Waals surface area contributed by atoms with Crippen molar-refractivity contribution in [2.75, 3.05) is 13.2 Å². The molecule has 0 saturated carbocycles. The van der Waals surface area contributed by atoms with Crippen LogP contribution in [0.15, 0.2) is 60.8 Å². The van der Waals surface area contributed by atoms with Crippen molar-refractivity contribution < 1.29 is 28.6 Å². The third-order valence-corrected chi connectivity index (χ3v) is 11.2. The lowest BCUT2D eigenvalue weighted by atomic mass is 10.1. The molecule has 0 aliphatic rings. The first-order valence-corrected chi connectivity index (χ1v) is 26.3. The molecule has 358 valence electrons. The molecule has 0 amide bonds. The molecule has 0 aromatic carbocycles. The highest BCUT2D eigenvalue weighted by atomic mass is 16.6. The van der Waals surface area contributed by atoms with Crippen LogP contribution in [-0.2, 0) is 28.6 Å². The highest BCUT2D eigenvalue weighted by Crippen LogP contribution is 2.14. The Morgan fingerprint density at radius 2 is 0.597 bits per heavy atom. The van der Waals surface area contributed by atoms with Gasteiger partial charge in [-0.25, -0.2) is 0 Å². The van der Waals surface area contributed by atoms with Crippen LogP contribution in [0.2, 0.25) is 0 Å². The molecule has 0 aromatic heterocycles. The summed E-state index contributed by atoms with van der Waals surface area (Å²) in [6.45, 7) is 6.54. The third kappa shape index (κ3) is 48.1. The van der Waals surface area contributed by atoms with Crippen molar-refractivity contribution in [3.05, 3.63) is 60.8 Å². The molecule has 0 aromatic rings. The van der Waals surface area contributed by atoms with Gasteiger partial charge in [-0.1, -0.05) is 197 Å². The van der Waals surface area contributed by atoms with Crippen LogP contribution in [-0.4, -0.2) is 37.2 Å². The summed E-state index contributed by atoms with van der Waals surface area (Å²) in [4.78, 5) is 38.0. The second-order valence-corrected chi connectivity index (χ2v) is 17.4. The summed E-state index contributed by atoms with van der Waals surface area (Å²) in [7, 11) is 0. The normalized spacial score (nSPS) is 12.5. The summed E-state index contributed by atoms with van der Waals surface area (Å²) >= 11 is 0. The molecule has 0 saturated heterocycles. The van der Waals surface area contributed by atoms with Gasteiger partial charge in [0.2, 0.25) is 0 Å². The Morgan fingerprint density at radius 1 is 0.323 bits per heavy atom. The Labute approximate surface area is 383 Å². The maximum Gasteiger partial charge on any atom is 0.306 e. The Hall–Kier alpha value is -2.89. The first kappa shape index (κ1) is 59.1. The quantitative estimate of drug-likeness (QED) is 0.0262. The van der Waals surface area contributed by atoms with Gasteiger partial charge in [0.05, 0.1) is 0 Å². The van der Waals surface area contributed by atoms with Gasteiger partial charge >= 0.3 is 17.9 Å². The van der Waals surface area contributed by atoms with E-state index in [0.29, 0.717) is 19.3 Å². The average Bonchev–Trinajstić information content (AvgIpc) is 3.27. The SMILES string of the molecule is CCCC/C=C\CCCCCCCC(=O)OCC(COC(=O)CCCCCCCCC/C=C\C/C=C\CCCCC)OC(=O)CCCCCCC/C=C\C/C=C\CCCCCC. The molecular weight excluding hydrogens is 769 g/mol. The molecular formula is C56H98O6. The molecule has 0 radical (unpaired) electrons. The summed E-state index contributed by atoms with van der Waals surface area (Å²) in [6.07, 6.45) is 62.0. The number of allylic oxidation sites excluding steroid dienone is 10. The van der Waals surface area contributed by atoms with E-state index in [4.69, 9.17) is 14.2 Å².